The van der Waals surface area contributed by atoms with Crippen molar-refractivity contribution in [3.63, 3.8) is 0 Å². The largest absolute Gasteiger partial charge is 0.458 e. The Labute approximate surface area is 138 Å². The fourth-order valence-corrected chi connectivity index (χ4v) is 4.02. The Hall–Kier alpha value is -0.835. The fraction of sp³-hybridized carbons (Fsp3) is 0.556. The summed E-state index contributed by atoms with van der Waals surface area (Å²) >= 11 is 1.84. The van der Waals surface area contributed by atoms with Crippen molar-refractivity contribution in [2.75, 3.05) is 0 Å². The molecule has 0 amide bonds. The number of hydrogen-bond donors (Lipinski definition) is 0. The van der Waals surface area contributed by atoms with Crippen LogP contribution in [-0.4, -0.2) is 18.3 Å². The Kier molecular flexibility index (Phi) is 4.13. The van der Waals surface area contributed by atoms with Crippen LogP contribution in [0.1, 0.15) is 40.2 Å². The molecule has 0 N–H and O–H groups in total. The van der Waals surface area contributed by atoms with E-state index in [0.717, 1.165) is 12.7 Å². The minimum absolute atomic E-state index is 0.0927. The van der Waals surface area contributed by atoms with Gasteiger partial charge in [0, 0.05) is 4.70 Å². The number of rotatable bonds is 4. The topological polar surface area (TPSA) is 18.5 Å². The molecule has 1 aliphatic heterocycles. The maximum Gasteiger partial charge on any atom is 0.458 e. The van der Waals surface area contributed by atoms with Crippen LogP contribution >= 0.6 is 11.3 Å². The quantitative estimate of drug-likeness (QED) is 0.724. The van der Waals surface area contributed by atoms with Crippen molar-refractivity contribution in [3.8, 4) is 0 Å². The highest BCUT2D eigenvalue weighted by molar-refractivity contribution is 7.17. The molecule has 1 aromatic carbocycles. The monoisotopic (exact) mass is 316 g/mol. The molecule has 1 fully saturated rings. The Morgan fingerprint density at radius 1 is 1.09 bits per heavy atom. The second kappa shape index (κ2) is 5.66. The first-order valence-corrected chi connectivity index (χ1v) is 8.97. The Bertz CT molecular complexity index is 646. The van der Waals surface area contributed by atoms with Crippen LogP contribution in [-0.2, 0) is 15.7 Å². The summed E-state index contributed by atoms with van der Waals surface area (Å²) in [6, 6.07) is 8.65. The van der Waals surface area contributed by atoms with E-state index in [0.29, 0.717) is 5.92 Å². The van der Waals surface area contributed by atoms with Gasteiger partial charge in [0.1, 0.15) is 0 Å². The van der Waals surface area contributed by atoms with Crippen LogP contribution in [0.25, 0.3) is 10.1 Å². The molecular weight excluding hydrogens is 291 g/mol. The molecule has 2 heterocycles. The summed E-state index contributed by atoms with van der Waals surface area (Å²) < 4.78 is 13.6. The van der Waals surface area contributed by atoms with Crippen molar-refractivity contribution in [1.82, 2.24) is 0 Å². The van der Waals surface area contributed by atoms with Crippen molar-refractivity contribution in [3.05, 3.63) is 35.2 Å². The first-order valence-electron chi connectivity index (χ1n) is 8.09. The van der Waals surface area contributed by atoms with Gasteiger partial charge in [-0.25, -0.2) is 0 Å². The molecule has 118 valence electrons. The lowest BCUT2D eigenvalue weighted by Gasteiger charge is -2.32. The molecule has 2 aromatic rings. The van der Waals surface area contributed by atoms with E-state index >= 15 is 0 Å². The third-order valence-corrected chi connectivity index (χ3v) is 6.04. The highest BCUT2D eigenvalue weighted by atomic mass is 32.1. The van der Waals surface area contributed by atoms with Gasteiger partial charge in [0.05, 0.1) is 11.2 Å². The molecule has 0 aliphatic carbocycles. The molecule has 1 aliphatic rings. The first-order chi connectivity index (χ1) is 10.3. The zero-order valence-corrected chi connectivity index (χ0v) is 15.0. The van der Waals surface area contributed by atoms with E-state index in [1.165, 1.54) is 15.6 Å². The van der Waals surface area contributed by atoms with E-state index in [1.807, 2.05) is 11.3 Å². The highest BCUT2D eigenvalue weighted by Gasteiger charge is 2.50. The van der Waals surface area contributed by atoms with E-state index in [4.69, 9.17) is 9.31 Å². The molecule has 1 atom stereocenters. The van der Waals surface area contributed by atoms with Crippen molar-refractivity contribution < 1.29 is 9.31 Å². The summed E-state index contributed by atoms with van der Waals surface area (Å²) in [5, 5.41) is 3.69. The summed E-state index contributed by atoms with van der Waals surface area (Å²) in [6.45, 7) is 10.7. The van der Waals surface area contributed by atoms with Crippen molar-refractivity contribution in [2.24, 2.45) is 5.92 Å². The van der Waals surface area contributed by atoms with Gasteiger partial charge >= 0.3 is 7.12 Å². The van der Waals surface area contributed by atoms with E-state index in [-0.39, 0.29) is 18.3 Å². The van der Waals surface area contributed by atoms with Gasteiger partial charge in [-0.1, -0.05) is 25.1 Å². The smallest absolute Gasteiger partial charge is 0.403 e. The molecule has 1 saturated heterocycles. The molecule has 2 nitrogen and oxygen atoms in total. The molecule has 0 saturated carbocycles. The van der Waals surface area contributed by atoms with Crippen LogP contribution in [0.4, 0.5) is 0 Å². The van der Waals surface area contributed by atoms with Gasteiger partial charge < -0.3 is 9.31 Å². The SMILES string of the molecule is C[C@H](CB1OC(C)(C)C(C)(C)O1)Cc1csc2ccccc12. The minimum Gasteiger partial charge on any atom is -0.403 e. The van der Waals surface area contributed by atoms with Crippen molar-refractivity contribution in [1.29, 1.82) is 0 Å². The highest BCUT2D eigenvalue weighted by Crippen LogP contribution is 2.39. The molecule has 0 unspecified atom stereocenters. The van der Waals surface area contributed by atoms with Crippen LogP contribution in [0.2, 0.25) is 6.32 Å². The maximum absolute atomic E-state index is 6.12. The lowest BCUT2D eigenvalue weighted by atomic mass is 9.76. The van der Waals surface area contributed by atoms with Gasteiger partial charge in [0.15, 0.2) is 0 Å². The van der Waals surface area contributed by atoms with Crippen LogP contribution in [0, 0.1) is 5.92 Å². The Morgan fingerprint density at radius 3 is 2.41 bits per heavy atom. The molecule has 22 heavy (non-hydrogen) atoms. The van der Waals surface area contributed by atoms with E-state index < -0.39 is 0 Å². The van der Waals surface area contributed by atoms with Gasteiger partial charge in [-0.2, -0.15) is 0 Å². The van der Waals surface area contributed by atoms with Gasteiger partial charge in [-0.3, -0.25) is 0 Å². The molecule has 4 heteroatoms. The number of thiophene rings is 1. The first kappa shape index (κ1) is 16.0. The maximum atomic E-state index is 6.12. The van der Waals surface area contributed by atoms with Crippen LogP contribution < -0.4 is 0 Å². The summed E-state index contributed by atoms with van der Waals surface area (Å²) in [7, 11) is -0.0927. The Morgan fingerprint density at radius 2 is 1.73 bits per heavy atom. The molecule has 0 spiro atoms. The third kappa shape index (κ3) is 2.97. The van der Waals surface area contributed by atoms with Gasteiger partial charge in [0.2, 0.25) is 0 Å². The molecule has 0 radical (unpaired) electrons. The predicted molar refractivity (Wildman–Crippen MR) is 95.6 cm³/mol. The molecular formula is C18H25BO2S. The molecule has 1 aromatic heterocycles. The standard InChI is InChI=1S/C18H25BO2S/c1-13(11-19-20-17(2,3)18(4,5)21-19)10-14-12-22-16-9-7-6-8-15(14)16/h6-9,12-13H,10-11H2,1-5H3/t13-/m0/s1. The number of fused-ring (bicyclic) bond motifs is 1. The Balaban J connectivity index is 1.65. The lowest BCUT2D eigenvalue weighted by molar-refractivity contribution is 0.00578. The fourth-order valence-electron chi connectivity index (χ4n) is 3.04. The summed E-state index contributed by atoms with van der Waals surface area (Å²) in [6.07, 6.45) is 2.02. The van der Waals surface area contributed by atoms with Crippen LogP contribution in [0.3, 0.4) is 0 Å². The second-order valence-electron chi connectivity index (χ2n) is 7.49. The van der Waals surface area contributed by atoms with E-state index in [2.05, 4.69) is 64.3 Å². The average molecular weight is 316 g/mol. The number of hydrogen-bond acceptors (Lipinski definition) is 3. The van der Waals surface area contributed by atoms with Crippen molar-refractivity contribution >= 4 is 28.5 Å². The minimum atomic E-state index is -0.230. The lowest BCUT2D eigenvalue weighted by Crippen LogP contribution is -2.41. The normalized spacial score (nSPS) is 21.4. The molecule has 3 rings (SSSR count). The number of benzene rings is 1. The summed E-state index contributed by atoms with van der Waals surface area (Å²) in [5.41, 5.74) is 0.989. The van der Waals surface area contributed by atoms with Gasteiger partial charge in [-0.15, -0.1) is 11.3 Å². The predicted octanol–water partition coefficient (Wildman–Crippen LogP) is 5.17. The van der Waals surface area contributed by atoms with Crippen molar-refractivity contribution in [2.45, 2.75) is 58.6 Å². The third-order valence-electron chi connectivity index (χ3n) is 5.03. The molecule has 0 bridgehead atoms. The summed E-state index contributed by atoms with van der Waals surface area (Å²) in [5.74, 6) is 0.535. The average Bonchev–Trinajstić information content (AvgIpc) is 2.89. The van der Waals surface area contributed by atoms with E-state index in [1.54, 1.807) is 0 Å². The zero-order chi connectivity index (χ0) is 16.0. The van der Waals surface area contributed by atoms with Crippen LogP contribution in [0.5, 0.6) is 0 Å². The van der Waals surface area contributed by atoms with Gasteiger partial charge in [-0.05, 0) is 68.7 Å². The summed E-state index contributed by atoms with van der Waals surface area (Å²) in [4.78, 5) is 0. The second-order valence-corrected chi connectivity index (χ2v) is 8.40. The van der Waals surface area contributed by atoms with E-state index in [9.17, 15) is 0 Å². The van der Waals surface area contributed by atoms with Gasteiger partial charge in [0.25, 0.3) is 0 Å². The van der Waals surface area contributed by atoms with Crippen LogP contribution in [0.15, 0.2) is 29.6 Å². The zero-order valence-electron chi connectivity index (χ0n) is 14.2.